The van der Waals surface area contributed by atoms with E-state index in [-0.39, 0.29) is 30.2 Å². The zero-order valence-corrected chi connectivity index (χ0v) is 25.6. The van der Waals surface area contributed by atoms with Crippen LogP contribution in [0, 0.1) is 12.8 Å². The summed E-state index contributed by atoms with van der Waals surface area (Å²) in [6.07, 6.45) is 5.57. The minimum atomic E-state index is -3.44. The number of nitrogens with two attached hydrogens (primary N) is 1. The van der Waals surface area contributed by atoms with Crippen molar-refractivity contribution in [2.75, 3.05) is 30.3 Å². The van der Waals surface area contributed by atoms with Gasteiger partial charge in [0.2, 0.25) is 10.0 Å². The Morgan fingerprint density at radius 2 is 1.97 bits per heavy atom. The number of aromatic nitrogens is 4. The molecule has 0 unspecified atom stereocenters. The molecule has 0 bridgehead atoms. The summed E-state index contributed by atoms with van der Waals surface area (Å²) in [7, 11) is -3.44. The van der Waals surface area contributed by atoms with E-state index < -0.39 is 10.0 Å². The number of anilines is 1. The van der Waals surface area contributed by atoms with Crippen molar-refractivity contribution in [1.82, 2.24) is 24.6 Å². The number of sulfonamides is 1. The van der Waals surface area contributed by atoms with Gasteiger partial charge in [-0.1, -0.05) is 36.2 Å². The second kappa shape index (κ2) is 12.0. The number of benzene rings is 1. The smallest absolute Gasteiger partial charge is 0.209 e. The van der Waals surface area contributed by atoms with Gasteiger partial charge in [-0.2, -0.15) is 5.10 Å². The third kappa shape index (κ3) is 6.47. The van der Waals surface area contributed by atoms with Crippen LogP contribution < -0.4 is 10.0 Å². The van der Waals surface area contributed by atoms with E-state index in [0.29, 0.717) is 28.4 Å². The van der Waals surface area contributed by atoms with E-state index >= 15 is 0 Å². The summed E-state index contributed by atoms with van der Waals surface area (Å²) >= 11 is 12.6. The zero-order valence-electron chi connectivity index (χ0n) is 22.4. The molecule has 0 saturated carbocycles. The molecular formula is C26H36Cl3N7O2S. The van der Waals surface area contributed by atoms with Crippen LogP contribution in [0.2, 0.25) is 10.0 Å². The number of fused-ring (bicyclic) bond motifs is 1. The first-order valence-corrected chi connectivity index (χ1v) is 15.7. The zero-order chi connectivity index (χ0) is 27.2. The number of likely N-dealkylation sites (tertiary alicyclic amines) is 1. The summed E-state index contributed by atoms with van der Waals surface area (Å²) in [4.78, 5) is 14.6. The first-order chi connectivity index (χ1) is 18.0. The Morgan fingerprint density at radius 3 is 2.67 bits per heavy atom. The van der Waals surface area contributed by atoms with Crippen LogP contribution in [-0.2, 0) is 10.0 Å². The molecule has 2 saturated heterocycles. The van der Waals surface area contributed by atoms with Crippen LogP contribution in [0.4, 0.5) is 5.82 Å². The Bertz CT molecular complexity index is 1430. The molecule has 214 valence electrons. The number of primary sulfonamides is 1. The molecule has 4 heterocycles. The maximum Gasteiger partial charge on any atom is 0.209 e. The lowest BCUT2D eigenvalue weighted by molar-refractivity contribution is 0.113. The molecule has 5 rings (SSSR count). The van der Waals surface area contributed by atoms with Crippen LogP contribution in [0.5, 0.6) is 0 Å². The van der Waals surface area contributed by atoms with Crippen molar-refractivity contribution in [3.63, 3.8) is 0 Å². The highest BCUT2D eigenvalue weighted by molar-refractivity contribution is 7.89. The summed E-state index contributed by atoms with van der Waals surface area (Å²) < 4.78 is 25.0. The quantitative estimate of drug-likeness (QED) is 0.405. The van der Waals surface area contributed by atoms with Gasteiger partial charge in [-0.3, -0.25) is 4.90 Å². The fourth-order valence-electron chi connectivity index (χ4n) is 6.18. The molecule has 2 fully saturated rings. The van der Waals surface area contributed by atoms with Gasteiger partial charge in [0, 0.05) is 35.2 Å². The van der Waals surface area contributed by atoms with Gasteiger partial charge in [0.25, 0.3) is 0 Å². The number of hydrogen-bond donors (Lipinski definition) is 1. The fraction of sp³-hybridized carbons (Fsp3) is 0.577. The average Bonchev–Trinajstić information content (AvgIpc) is 3.46. The standard InChI is InChI=1S/C26H35Cl2N7O2S.ClH/c1-16-15-33(11-8-23(16)34-10-4-5-20(34)9-12-38(29,36)37)24-14-30-25-17(2)32-35(26(25)31-24)18(3)21-7-6-19(27)13-22(21)28;/h6-7,13-14,16,18,20,23H,4-5,8-12,15H2,1-3H3,(H2,29,36,37);1H/t16-,18+,20-,23+;/m0./s1. The van der Waals surface area contributed by atoms with Gasteiger partial charge in [-0.15, -0.1) is 12.4 Å². The largest absolute Gasteiger partial charge is 0.355 e. The molecule has 0 aliphatic carbocycles. The number of nitrogens with zero attached hydrogens (tertiary/aromatic N) is 6. The van der Waals surface area contributed by atoms with Gasteiger partial charge in [0.15, 0.2) is 5.65 Å². The number of halogens is 3. The molecule has 2 aliphatic rings. The number of aryl methyl sites for hydroxylation is 1. The lowest BCUT2D eigenvalue weighted by Gasteiger charge is -2.43. The van der Waals surface area contributed by atoms with Crippen molar-refractivity contribution in [2.24, 2.45) is 11.1 Å². The molecule has 0 amide bonds. The third-order valence-corrected chi connectivity index (χ3v) is 9.47. The van der Waals surface area contributed by atoms with Crippen LogP contribution in [0.15, 0.2) is 24.4 Å². The van der Waals surface area contributed by atoms with Crippen molar-refractivity contribution in [3.8, 4) is 0 Å². The van der Waals surface area contributed by atoms with E-state index in [1.165, 1.54) is 0 Å². The minimum Gasteiger partial charge on any atom is -0.355 e. The molecule has 3 aromatic rings. The van der Waals surface area contributed by atoms with E-state index in [2.05, 4.69) is 16.7 Å². The van der Waals surface area contributed by atoms with Crippen LogP contribution in [0.1, 0.15) is 56.8 Å². The molecule has 4 atom stereocenters. The molecule has 0 radical (unpaired) electrons. The van der Waals surface area contributed by atoms with Crippen LogP contribution in [0.25, 0.3) is 11.2 Å². The van der Waals surface area contributed by atoms with Gasteiger partial charge < -0.3 is 4.90 Å². The molecule has 1 aromatic carbocycles. The third-order valence-electron chi connectivity index (χ3n) is 8.11. The number of piperidine rings is 1. The lowest BCUT2D eigenvalue weighted by atomic mass is 9.91. The molecule has 39 heavy (non-hydrogen) atoms. The Balaban J connectivity index is 0.00000353. The Labute approximate surface area is 246 Å². The second-order valence-corrected chi connectivity index (χ2v) is 13.3. The van der Waals surface area contributed by atoms with E-state index in [0.717, 1.165) is 67.1 Å². The highest BCUT2D eigenvalue weighted by atomic mass is 35.5. The molecule has 9 nitrogen and oxygen atoms in total. The van der Waals surface area contributed by atoms with Crippen LogP contribution in [-0.4, -0.2) is 70.5 Å². The maximum atomic E-state index is 11.5. The second-order valence-electron chi connectivity index (χ2n) is 10.7. The van der Waals surface area contributed by atoms with Crippen molar-refractivity contribution in [1.29, 1.82) is 0 Å². The van der Waals surface area contributed by atoms with Crippen LogP contribution in [0.3, 0.4) is 0 Å². The Kier molecular flexibility index (Phi) is 9.35. The van der Waals surface area contributed by atoms with E-state index in [1.54, 1.807) is 6.07 Å². The summed E-state index contributed by atoms with van der Waals surface area (Å²) in [5.41, 5.74) is 3.26. The first kappa shape index (κ1) is 30.3. The molecule has 2 aromatic heterocycles. The van der Waals surface area contributed by atoms with Gasteiger partial charge in [-0.05, 0) is 69.7 Å². The van der Waals surface area contributed by atoms with Crippen LogP contribution >= 0.6 is 35.6 Å². The first-order valence-electron chi connectivity index (χ1n) is 13.2. The maximum absolute atomic E-state index is 11.5. The van der Waals surface area contributed by atoms with Crippen molar-refractivity contribution >= 4 is 62.6 Å². The van der Waals surface area contributed by atoms with E-state index in [9.17, 15) is 8.42 Å². The van der Waals surface area contributed by atoms with Gasteiger partial charge in [-0.25, -0.2) is 28.2 Å². The predicted octanol–water partition coefficient (Wildman–Crippen LogP) is 4.83. The molecule has 13 heteroatoms. The van der Waals surface area contributed by atoms with Crippen molar-refractivity contribution in [2.45, 2.75) is 64.6 Å². The summed E-state index contributed by atoms with van der Waals surface area (Å²) in [6.45, 7) is 9.00. The summed E-state index contributed by atoms with van der Waals surface area (Å²) in [6, 6.07) is 6.06. The van der Waals surface area contributed by atoms with Crippen molar-refractivity contribution in [3.05, 3.63) is 45.7 Å². The van der Waals surface area contributed by atoms with Gasteiger partial charge in [0.1, 0.15) is 11.3 Å². The molecule has 0 spiro atoms. The molecule has 2 aliphatic heterocycles. The Morgan fingerprint density at radius 1 is 1.21 bits per heavy atom. The predicted molar refractivity (Wildman–Crippen MR) is 160 cm³/mol. The molecular weight excluding hydrogens is 581 g/mol. The summed E-state index contributed by atoms with van der Waals surface area (Å²) in [5.74, 6) is 1.28. The normalized spacial score (nSPS) is 23.2. The van der Waals surface area contributed by atoms with E-state index in [1.807, 2.05) is 36.9 Å². The topological polar surface area (TPSA) is 110 Å². The highest BCUT2D eigenvalue weighted by Crippen LogP contribution is 2.34. The average molecular weight is 617 g/mol. The highest BCUT2D eigenvalue weighted by Gasteiger charge is 2.37. The fourth-order valence-corrected chi connectivity index (χ4v) is 7.34. The van der Waals surface area contributed by atoms with Gasteiger partial charge in [0.05, 0.1) is 23.7 Å². The van der Waals surface area contributed by atoms with Crippen molar-refractivity contribution < 1.29 is 8.42 Å². The minimum absolute atomic E-state index is 0. The van der Waals surface area contributed by atoms with E-state index in [4.69, 9.17) is 43.4 Å². The molecule has 2 N–H and O–H groups in total. The number of rotatable bonds is 7. The van der Waals surface area contributed by atoms with Gasteiger partial charge >= 0.3 is 0 Å². The SMILES string of the molecule is Cc1nn([C@H](C)c2ccc(Cl)cc2Cl)c2nc(N3CC[C@@H](N4CCC[C@H]4CCS(N)(=O)=O)[C@@H](C)C3)cnc12.Cl. The summed E-state index contributed by atoms with van der Waals surface area (Å²) in [5, 5.41) is 11.2. The lowest BCUT2D eigenvalue weighted by Crippen LogP contribution is -2.52. The monoisotopic (exact) mass is 615 g/mol. The number of hydrogen-bond acceptors (Lipinski definition) is 7. The Hall–Kier alpha value is -1.69.